The lowest BCUT2D eigenvalue weighted by molar-refractivity contribution is -0.0443. The Labute approximate surface area is 100 Å². The van der Waals surface area contributed by atoms with Crippen molar-refractivity contribution in [2.75, 3.05) is 13.2 Å². The molecule has 80 valence electrons. The Balaban J connectivity index is 2.16. The van der Waals surface area contributed by atoms with Crippen molar-refractivity contribution in [1.82, 2.24) is 4.98 Å². The predicted octanol–water partition coefficient (Wildman–Crippen LogP) is 2.83. The molecule has 0 aromatic carbocycles. The summed E-state index contributed by atoms with van der Waals surface area (Å²) in [6, 6.07) is 3.38. The Morgan fingerprint density at radius 1 is 1.47 bits per heavy atom. The summed E-state index contributed by atoms with van der Waals surface area (Å²) in [6.07, 6.45) is 1.23. The van der Waals surface area contributed by atoms with Gasteiger partial charge >= 0.3 is 0 Å². The first kappa shape index (κ1) is 11.0. The van der Waals surface area contributed by atoms with Gasteiger partial charge < -0.3 is 9.47 Å². The number of rotatable bonds is 2. The van der Waals surface area contributed by atoms with Crippen molar-refractivity contribution in [3.8, 4) is 0 Å². The Bertz CT molecular complexity index is 360. The number of pyridine rings is 1. The lowest BCUT2D eigenvalue weighted by atomic mass is 10.2. The fraction of sp³-hybridized carbons (Fsp3) is 0.300. The first-order valence-corrected chi connectivity index (χ1v) is 5.71. The zero-order valence-corrected chi connectivity index (χ0v) is 9.98. The second-order valence-corrected chi connectivity index (χ2v) is 3.63. The molecule has 0 atom stereocenters. The zero-order chi connectivity index (χ0) is 10.7. The van der Waals surface area contributed by atoms with Gasteiger partial charge in [-0.05, 0) is 28.7 Å². The summed E-state index contributed by atoms with van der Waals surface area (Å²) in [5.74, 6) is -0.338. The Morgan fingerprint density at radius 2 is 2.20 bits per heavy atom. The third-order valence-electron chi connectivity index (χ3n) is 2.02. The molecular formula is C10H9FINO2. The van der Waals surface area contributed by atoms with Crippen LogP contribution in [-0.2, 0) is 9.47 Å². The maximum atomic E-state index is 13.1. The monoisotopic (exact) mass is 321 g/mol. The number of aromatic nitrogens is 1. The summed E-state index contributed by atoms with van der Waals surface area (Å²) in [5, 5.41) is 0. The minimum Gasteiger partial charge on any atom is -0.346 e. The molecule has 2 rings (SSSR count). The molecule has 0 N–H and O–H groups in total. The van der Waals surface area contributed by atoms with E-state index in [1.54, 1.807) is 18.3 Å². The molecule has 1 aromatic rings. The quantitative estimate of drug-likeness (QED) is 0.785. The van der Waals surface area contributed by atoms with Crippen LogP contribution in [0.3, 0.4) is 0 Å². The zero-order valence-electron chi connectivity index (χ0n) is 7.82. The summed E-state index contributed by atoms with van der Waals surface area (Å²) in [6.45, 7) is 1.18. The van der Waals surface area contributed by atoms with Gasteiger partial charge in [0.15, 0.2) is 12.1 Å². The van der Waals surface area contributed by atoms with Gasteiger partial charge in [-0.25, -0.2) is 4.39 Å². The smallest absolute Gasteiger partial charge is 0.185 e. The summed E-state index contributed by atoms with van der Waals surface area (Å²) in [7, 11) is 0. The minimum atomic E-state index is -0.349. The van der Waals surface area contributed by atoms with Crippen molar-refractivity contribution in [2.45, 2.75) is 6.29 Å². The van der Waals surface area contributed by atoms with E-state index in [0.29, 0.717) is 18.9 Å². The van der Waals surface area contributed by atoms with Gasteiger partial charge in [0.2, 0.25) is 0 Å². The third-order valence-corrected chi connectivity index (χ3v) is 2.57. The molecule has 1 aliphatic rings. The topological polar surface area (TPSA) is 31.4 Å². The van der Waals surface area contributed by atoms with Crippen molar-refractivity contribution < 1.29 is 13.9 Å². The lowest BCUT2D eigenvalue weighted by Gasteiger charge is -2.08. The molecular weight excluding hydrogens is 312 g/mol. The van der Waals surface area contributed by atoms with Crippen LogP contribution in [0.2, 0.25) is 0 Å². The van der Waals surface area contributed by atoms with E-state index < -0.39 is 0 Å². The van der Waals surface area contributed by atoms with Crippen molar-refractivity contribution in [1.29, 1.82) is 0 Å². The van der Waals surface area contributed by atoms with Crippen LogP contribution in [0.1, 0.15) is 17.5 Å². The van der Waals surface area contributed by atoms with Gasteiger partial charge in [-0.2, -0.15) is 0 Å². The highest BCUT2D eigenvalue weighted by Crippen LogP contribution is 2.24. The second-order valence-electron chi connectivity index (χ2n) is 3.01. The fourth-order valence-corrected chi connectivity index (χ4v) is 1.61. The van der Waals surface area contributed by atoms with Crippen LogP contribution >= 0.6 is 22.6 Å². The number of ether oxygens (including phenoxy) is 2. The standard InChI is InChI=1S/C10H9FINO2/c11-8(5-12)9-2-1-7(6-13-9)10-14-3-4-15-10/h1-2,5-6,10H,3-4H2/b8-5-. The van der Waals surface area contributed by atoms with Crippen LogP contribution in [0.4, 0.5) is 4.39 Å². The van der Waals surface area contributed by atoms with Gasteiger partial charge in [0.1, 0.15) is 0 Å². The fourth-order valence-electron chi connectivity index (χ4n) is 1.29. The third kappa shape index (κ3) is 2.53. The summed E-state index contributed by atoms with van der Waals surface area (Å²) in [4.78, 5) is 3.99. The van der Waals surface area contributed by atoms with Crippen molar-refractivity contribution in [3.63, 3.8) is 0 Å². The Kier molecular flexibility index (Phi) is 3.66. The maximum Gasteiger partial charge on any atom is 0.185 e. The summed E-state index contributed by atoms with van der Waals surface area (Å²) in [5.41, 5.74) is 1.14. The van der Waals surface area contributed by atoms with Gasteiger partial charge in [-0.1, -0.05) is 6.07 Å². The lowest BCUT2D eigenvalue weighted by Crippen LogP contribution is -1.99. The van der Waals surface area contributed by atoms with Crippen LogP contribution in [0.5, 0.6) is 0 Å². The molecule has 1 fully saturated rings. The molecule has 0 saturated carbocycles. The van der Waals surface area contributed by atoms with E-state index >= 15 is 0 Å². The normalized spacial score (nSPS) is 18.4. The minimum absolute atomic E-state index is 0.325. The molecule has 1 saturated heterocycles. The highest BCUT2D eigenvalue weighted by molar-refractivity contribution is 14.1. The highest BCUT2D eigenvalue weighted by Gasteiger charge is 2.18. The van der Waals surface area contributed by atoms with Gasteiger partial charge in [0.25, 0.3) is 0 Å². The largest absolute Gasteiger partial charge is 0.346 e. The SMILES string of the molecule is F/C(=C\I)c1ccc(C2OCCO2)cn1. The molecule has 15 heavy (non-hydrogen) atoms. The first-order chi connectivity index (χ1) is 7.31. The number of halogens is 2. The molecule has 0 aliphatic carbocycles. The summed E-state index contributed by atoms with van der Waals surface area (Å²) >= 11 is 1.84. The van der Waals surface area contributed by atoms with E-state index in [1.807, 2.05) is 22.6 Å². The van der Waals surface area contributed by atoms with Crippen molar-refractivity contribution >= 4 is 28.4 Å². The average Bonchev–Trinajstić information content (AvgIpc) is 2.82. The van der Waals surface area contributed by atoms with E-state index in [-0.39, 0.29) is 12.1 Å². The van der Waals surface area contributed by atoms with E-state index in [4.69, 9.17) is 9.47 Å². The Morgan fingerprint density at radius 3 is 2.73 bits per heavy atom. The maximum absolute atomic E-state index is 13.1. The highest BCUT2D eigenvalue weighted by atomic mass is 127. The van der Waals surface area contributed by atoms with Crippen LogP contribution < -0.4 is 0 Å². The Hall–Kier alpha value is -0.530. The molecule has 1 aliphatic heterocycles. The number of hydrogen-bond donors (Lipinski definition) is 0. The molecule has 2 heterocycles. The number of nitrogens with zero attached hydrogens (tertiary/aromatic N) is 1. The molecule has 0 radical (unpaired) electrons. The molecule has 0 spiro atoms. The molecule has 0 bridgehead atoms. The van der Waals surface area contributed by atoms with E-state index in [1.165, 1.54) is 4.08 Å². The van der Waals surface area contributed by atoms with Gasteiger partial charge in [-0.15, -0.1) is 0 Å². The van der Waals surface area contributed by atoms with Crippen LogP contribution in [0.25, 0.3) is 5.83 Å². The molecule has 0 amide bonds. The van der Waals surface area contributed by atoms with E-state index in [0.717, 1.165) is 5.56 Å². The molecule has 1 aromatic heterocycles. The van der Waals surface area contributed by atoms with Crippen molar-refractivity contribution in [2.24, 2.45) is 0 Å². The average molecular weight is 321 g/mol. The summed E-state index contributed by atoms with van der Waals surface area (Å²) < 4.78 is 25.0. The molecule has 0 unspecified atom stereocenters. The van der Waals surface area contributed by atoms with Gasteiger partial charge in [0, 0.05) is 15.8 Å². The van der Waals surface area contributed by atoms with Gasteiger partial charge in [-0.3, -0.25) is 4.98 Å². The predicted molar refractivity (Wildman–Crippen MR) is 62.0 cm³/mol. The van der Waals surface area contributed by atoms with Crippen LogP contribution in [-0.4, -0.2) is 18.2 Å². The first-order valence-electron chi connectivity index (χ1n) is 4.46. The van der Waals surface area contributed by atoms with E-state index in [9.17, 15) is 4.39 Å². The molecule has 5 heteroatoms. The van der Waals surface area contributed by atoms with E-state index in [2.05, 4.69) is 4.98 Å². The van der Waals surface area contributed by atoms with Crippen LogP contribution in [0, 0.1) is 0 Å². The van der Waals surface area contributed by atoms with Gasteiger partial charge in [0.05, 0.1) is 18.9 Å². The van der Waals surface area contributed by atoms with Crippen molar-refractivity contribution in [3.05, 3.63) is 33.7 Å². The second kappa shape index (κ2) is 5.00. The van der Waals surface area contributed by atoms with Crippen LogP contribution in [0.15, 0.2) is 22.4 Å². The molecule has 3 nitrogen and oxygen atoms in total. The number of hydrogen-bond acceptors (Lipinski definition) is 3.